The number of fused-ring (bicyclic) bond motifs is 1. The zero-order valence-corrected chi connectivity index (χ0v) is 22.1. The number of hydrogen-bond donors (Lipinski definition) is 4. The lowest BCUT2D eigenvalue weighted by Crippen LogP contribution is -2.27. The molecule has 0 saturated heterocycles. The minimum absolute atomic E-state index is 0.0266. The Morgan fingerprint density at radius 3 is 2.64 bits per heavy atom. The summed E-state index contributed by atoms with van der Waals surface area (Å²) in [4.78, 5) is 32.8. The van der Waals surface area contributed by atoms with Gasteiger partial charge < -0.3 is 21.1 Å². The van der Waals surface area contributed by atoms with Gasteiger partial charge in [0.2, 0.25) is 11.8 Å². The summed E-state index contributed by atoms with van der Waals surface area (Å²) in [5, 5.41) is 13.9. The van der Waals surface area contributed by atoms with Crippen LogP contribution < -0.4 is 11.1 Å². The molecule has 0 spiro atoms. The lowest BCUT2D eigenvalue weighted by atomic mass is 10.0. The maximum atomic E-state index is 14.2. The van der Waals surface area contributed by atoms with Gasteiger partial charge in [0, 0.05) is 52.4 Å². The van der Waals surface area contributed by atoms with Crippen LogP contribution in [0.15, 0.2) is 83.2 Å². The molecule has 5 N–H and O–H groups in total. The van der Waals surface area contributed by atoms with E-state index in [-0.39, 0.29) is 35.9 Å². The number of primary amides is 1. The Hall–Kier alpha value is -4.43. The van der Waals surface area contributed by atoms with Crippen molar-refractivity contribution in [2.24, 2.45) is 10.7 Å². The molecule has 0 saturated carbocycles. The van der Waals surface area contributed by atoms with Gasteiger partial charge in [-0.25, -0.2) is 4.39 Å². The first-order valence-electron chi connectivity index (χ1n) is 12.4. The molecule has 0 bridgehead atoms. The molecule has 7 nitrogen and oxygen atoms in total. The number of nitrogens with two attached hydrogens (primary N) is 1. The molecule has 4 aromatic rings. The SMILES string of the molecule is CCC=N/C(Cc1cccc(C(N)=O)c1)=C(/Cc1cc(F)cc(Cl)c1)NC(=O)Cc1c[nH]c2ccc(O)cc12. The number of phenols is 1. The number of aromatic amines is 1. The van der Waals surface area contributed by atoms with Crippen LogP contribution in [0.3, 0.4) is 0 Å². The number of carbonyl (C=O) groups excluding carboxylic acids is 2. The van der Waals surface area contributed by atoms with Gasteiger partial charge in [0.1, 0.15) is 11.6 Å². The predicted octanol–water partition coefficient (Wildman–Crippen LogP) is 5.60. The maximum Gasteiger partial charge on any atom is 0.248 e. The monoisotopic (exact) mass is 546 g/mol. The summed E-state index contributed by atoms with van der Waals surface area (Å²) in [5.74, 6) is -1.25. The fraction of sp³-hybridized carbons (Fsp3) is 0.167. The number of hydrogen-bond acceptors (Lipinski definition) is 4. The fourth-order valence-corrected chi connectivity index (χ4v) is 4.54. The summed E-state index contributed by atoms with van der Waals surface area (Å²) >= 11 is 6.10. The molecular weight excluding hydrogens is 519 g/mol. The van der Waals surface area contributed by atoms with Crippen LogP contribution in [0.4, 0.5) is 4.39 Å². The zero-order chi connectivity index (χ0) is 27.9. The molecule has 1 heterocycles. The van der Waals surface area contributed by atoms with E-state index in [2.05, 4.69) is 15.3 Å². The Morgan fingerprint density at radius 2 is 1.90 bits per heavy atom. The van der Waals surface area contributed by atoms with Crippen molar-refractivity contribution in [3.8, 4) is 5.75 Å². The topological polar surface area (TPSA) is 121 Å². The van der Waals surface area contributed by atoms with Gasteiger partial charge >= 0.3 is 0 Å². The normalized spacial score (nSPS) is 12.1. The Kier molecular flexibility index (Phi) is 8.78. The number of nitrogens with zero attached hydrogens (tertiary/aromatic N) is 1. The summed E-state index contributed by atoms with van der Waals surface area (Å²) < 4.78 is 14.2. The average molecular weight is 547 g/mol. The van der Waals surface area contributed by atoms with Gasteiger partial charge in [-0.05, 0) is 71.6 Å². The number of halogens is 2. The van der Waals surface area contributed by atoms with Gasteiger partial charge in [-0.3, -0.25) is 14.6 Å². The van der Waals surface area contributed by atoms with Gasteiger partial charge in [-0.15, -0.1) is 0 Å². The standard InChI is InChI=1S/C30H28ClFN4O3/c1-2-8-34-27(12-18-4-3-5-20(9-18)30(33)39)28(13-19-10-22(31)15-23(32)11-19)36-29(38)14-21-17-35-26-7-6-24(37)16-25(21)26/h3-11,15-17,35,37H,2,12-14H2,1H3,(H2,33,39)(H,36,38)/b28-27-,34-8?. The molecule has 1 aromatic heterocycles. The third kappa shape index (κ3) is 7.33. The van der Waals surface area contributed by atoms with E-state index in [0.29, 0.717) is 34.5 Å². The fourth-order valence-electron chi connectivity index (χ4n) is 4.29. The third-order valence-corrected chi connectivity index (χ3v) is 6.27. The molecule has 0 aliphatic heterocycles. The molecule has 0 fully saturated rings. The van der Waals surface area contributed by atoms with Crippen molar-refractivity contribution < 1.29 is 19.1 Å². The number of H-pyrrole nitrogens is 1. The molecule has 200 valence electrons. The highest BCUT2D eigenvalue weighted by molar-refractivity contribution is 6.30. The van der Waals surface area contributed by atoms with E-state index in [1.165, 1.54) is 12.1 Å². The van der Waals surface area contributed by atoms with Crippen LogP contribution in [0.25, 0.3) is 10.9 Å². The highest BCUT2D eigenvalue weighted by Gasteiger charge is 2.16. The van der Waals surface area contributed by atoms with E-state index in [0.717, 1.165) is 16.5 Å². The number of carbonyl (C=O) groups is 2. The van der Waals surface area contributed by atoms with Crippen molar-refractivity contribution in [1.82, 2.24) is 10.3 Å². The quantitative estimate of drug-likeness (QED) is 0.194. The van der Waals surface area contributed by atoms with Crippen molar-refractivity contribution in [2.75, 3.05) is 0 Å². The Balaban J connectivity index is 1.72. The lowest BCUT2D eigenvalue weighted by Gasteiger charge is -2.15. The van der Waals surface area contributed by atoms with Gasteiger partial charge in [0.15, 0.2) is 0 Å². The molecule has 9 heteroatoms. The molecule has 4 rings (SSSR count). The second-order valence-electron chi connectivity index (χ2n) is 9.11. The van der Waals surface area contributed by atoms with E-state index >= 15 is 0 Å². The molecule has 0 aliphatic rings. The third-order valence-electron chi connectivity index (χ3n) is 6.06. The number of phenolic OH excluding ortho intramolecular Hbond substituents is 1. The van der Waals surface area contributed by atoms with E-state index in [4.69, 9.17) is 17.3 Å². The highest BCUT2D eigenvalue weighted by atomic mass is 35.5. The molecule has 39 heavy (non-hydrogen) atoms. The van der Waals surface area contributed by atoms with Crippen LogP contribution in [0.2, 0.25) is 5.02 Å². The number of aromatic hydroxyl groups is 1. The van der Waals surface area contributed by atoms with Crippen molar-refractivity contribution in [1.29, 1.82) is 0 Å². The molecule has 3 aromatic carbocycles. The van der Waals surface area contributed by atoms with Crippen LogP contribution in [-0.2, 0) is 24.1 Å². The van der Waals surface area contributed by atoms with Crippen molar-refractivity contribution in [3.05, 3.63) is 111 Å². The molecule has 0 aliphatic carbocycles. The minimum atomic E-state index is -0.549. The van der Waals surface area contributed by atoms with E-state index < -0.39 is 11.7 Å². The van der Waals surface area contributed by atoms with Gasteiger partial charge in [0.05, 0.1) is 12.1 Å². The first kappa shape index (κ1) is 27.6. The van der Waals surface area contributed by atoms with E-state index in [1.54, 1.807) is 54.9 Å². The van der Waals surface area contributed by atoms with E-state index in [1.807, 2.05) is 13.0 Å². The summed E-state index contributed by atoms with van der Waals surface area (Å²) in [6, 6.07) is 16.0. The van der Waals surface area contributed by atoms with Crippen molar-refractivity contribution >= 4 is 40.5 Å². The second kappa shape index (κ2) is 12.4. The summed E-state index contributed by atoms with van der Waals surface area (Å²) in [6.45, 7) is 1.94. The van der Waals surface area contributed by atoms with Crippen LogP contribution >= 0.6 is 11.6 Å². The lowest BCUT2D eigenvalue weighted by molar-refractivity contribution is -0.119. The molecule has 0 unspecified atom stereocenters. The maximum absolute atomic E-state index is 14.2. The van der Waals surface area contributed by atoms with Gasteiger partial charge in [-0.2, -0.15) is 0 Å². The van der Waals surface area contributed by atoms with Crippen LogP contribution in [-0.4, -0.2) is 28.1 Å². The number of rotatable bonds is 10. The highest BCUT2D eigenvalue weighted by Crippen LogP contribution is 2.24. The Labute approximate surface area is 230 Å². The predicted molar refractivity (Wildman–Crippen MR) is 151 cm³/mol. The summed E-state index contributed by atoms with van der Waals surface area (Å²) in [5.41, 5.74) is 9.66. The minimum Gasteiger partial charge on any atom is -0.508 e. The Morgan fingerprint density at radius 1 is 1.08 bits per heavy atom. The number of aliphatic imine (C=N–C) groups is 1. The van der Waals surface area contributed by atoms with Gasteiger partial charge in [-0.1, -0.05) is 30.7 Å². The Bertz CT molecular complexity index is 1570. The van der Waals surface area contributed by atoms with Crippen molar-refractivity contribution in [3.63, 3.8) is 0 Å². The number of allylic oxidation sites excluding steroid dienone is 2. The average Bonchev–Trinajstić information content (AvgIpc) is 3.27. The largest absolute Gasteiger partial charge is 0.508 e. The number of benzene rings is 3. The summed E-state index contributed by atoms with van der Waals surface area (Å²) in [6.07, 6.45) is 4.57. The zero-order valence-electron chi connectivity index (χ0n) is 21.3. The van der Waals surface area contributed by atoms with Crippen LogP contribution in [0, 0.1) is 5.82 Å². The van der Waals surface area contributed by atoms with Gasteiger partial charge in [0.25, 0.3) is 0 Å². The van der Waals surface area contributed by atoms with Crippen LogP contribution in [0.1, 0.15) is 40.4 Å². The molecular formula is C30H28ClFN4O3. The first-order valence-corrected chi connectivity index (χ1v) is 12.8. The number of nitrogens with one attached hydrogen (secondary N) is 2. The van der Waals surface area contributed by atoms with E-state index in [9.17, 15) is 19.1 Å². The molecule has 2 amide bonds. The number of aromatic nitrogens is 1. The van der Waals surface area contributed by atoms with Crippen LogP contribution in [0.5, 0.6) is 5.75 Å². The molecule has 0 atom stereocenters. The van der Waals surface area contributed by atoms with Crippen molar-refractivity contribution in [2.45, 2.75) is 32.6 Å². The number of amides is 2. The first-order chi connectivity index (χ1) is 18.7. The molecule has 0 radical (unpaired) electrons. The second-order valence-corrected chi connectivity index (χ2v) is 9.55. The smallest absolute Gasteiger partial charge is 0.248 e. The summed E-state index contributed by atoms with van der Waals surface area (Å²) in [7, 11) is 0.